The van der Waals surface area contributed by atoms with Crippen molar-refractivity contribution in [3.05, 3.63) is 59.7 Å². The van der Waals surface area contributed by atoms with E-state index in [2.05, 4.69) is 28.8 Å². The maximum absolute atomic E-state index is 12.8. The van der Waals surface area contributed by atoms with Crippen LogP contribution in [0, 0.1) is 6.92 Å². The average molecular weight is 460 g/mol. The van der Waals surface area contributed by atoms with Gasteiger partial charge < -0.3 is 10.1 Å². The van der Waals surface area contributed by atoms with Gasteiger partial charge in [0.05, 0.1) is 17.1 Å². The number of aryl methyl sites for hydroxylation is 1. The van der Waals surface area contributed by atoms with E-state index in [0.29, 0.717) is 17.8 Å². The smallest absolute Gasteiger partial charge is 0.261 e. The maximum Gasteiger partial charge on any atom is 0.261 e. The Morgan fingerprint density at radius 1 is 1.09 bits per heavy atom. The van der Waals surface area contributed by atoms with Crippen LogP contribution in [-0.4, -0.2) is 56.6 Å². The van der Waals surface area contributed by atoms with E-state index in [1.165, 1.54) is 12.1 Å². The first-order chi connectivity index (χ1) is 15.0. The van der Waals surface area contributed by atoms with Gasteiger partial charge in [-0.3, -0.25) is 14.4 Å². The Labute approximate surface area is 191 Å². The minimum absolute atomic E-state index is 0.0433. The van der Waals surface area contributed by atoms with Crippen molar-refractivity contribution in [2.45, 2.75) is 57.3 Å². The Morgan fingerprint density at radius 2 is 1.75 bits per heavy atom. The predicted molar refractivity (Wildman–Crippen MR) is 126 cm³/mol. The molecule has 1 fully saturated rings. The summed E-state index contributed by atoms with van der Waals surface area (Å²) in [6.07, 6.45) is 0.271. The van der Waals surface area contributed by atoms with Gasteiger partial charge in [0.15, 0.2) is 0 Å². The molecule has 2 N–H and O–H groups in total. The van der Waals surface area contributed by atoms with Gasteiger partial charge in [-0.15, -0.1) is 0 Å². The first-order valence-electron chi connectivity index (χ1n) is 10.8. The van der Waals surface area contributed by atoms with E-state index in [1.807, 2.05) is 26.8 Å². The van der Waals surface area contributed by atoms with E-state index in [0.717, 1.165) is 18.7 Å². The molecule has 32 heavy (non-hydrogen) atoms. The highest BCUT2D eigenvalue weighted by Crippen LogP contribution is 2.21. The highest BCUT2D eigenvalue weighted by molar-refractivity contribution is 7.92. The number of amides is 1. The topological polar surface area (TPSA) is 87.7 Å². The SMILES string of the molecule is Cc1cccc(NS(=O)(=O)c2cccc(C(=O)NCC(C)(C)N3C[C@@H](C)O[C@@H](C)C3)c2)c1. The molecule has 0 aliphatic carbocycles. The average Bonchev–Trinajstić information content (AvgIpc) is 2.71. The van der Waals surface area contributed by atoms with Crippen LogP contribution in [0.15, 0.2) is 53.4 Å². The van der Waals surface area contributed by atoms with Crippen molar-refractivity contribution in [2.75, 3.05) is 24.4 Å². The largest absolute Gasteiger partial charge is 0.373 e. The summed E-state index contributed by atoms with van der Waals surface area (Å²) in [4.78, 5) is 15.2. The number of morpholine rings is 1. The summed E-state index contributed by atoms with van der Waals surface area (Å²) in [5, 5.41) is 2.97. The monoisotopic (exact) mass is 459 g/mol. The standard InChI is InChI=1S/C24H33N3O4S/c1-17-8-6-10-21(12-17)26-32(29,30)22-11-7-9-20(13-22)23(28)25-16-24(4,5)27-14-18(2)31-19(3)15-27/h6-13,18-19,26H,14-16H2,1-5H3,(H,25,28)/t18-,19+. The summed E-state index contributed by atoms with van der Waals surface area (Å²) < 4.78 is 34.0. The molecule has 7 nitrogen and oxygen atoms in total. The number of sulfonamides is 1. The van der Waals surface area contributed by atoms with Crippen LogP contribution >= 0.6 is 0 Å². The van der Waals surface area contributed by atoms with Crippen LogP contribution in [0.1, 0.15) is 43.6 Å². The molecule has 0 saturated carbocycles. The number of ether oxygens (including phenoxy) is 1. The van der Waals surface area contributed by atoms with Gasteiger partial charge in [-0.25, -0.2) is 8.42 Å². The highest BCUT2D eigenvalue weighted by atomic mass is 32.2. The summed E-state index contributed by atoms with van der Waals surface area (Å²) >= 11 is 0. The van der Waals surface area contributed by atoms with Gasteiger partial charge in [0.2, 0.25) is 0 Å². The van der Waals surface area contributed by atoms with Crippen LogP contribution in [0.25, 0.3) is 0 Å². The molecule has 8 heteroatoms. The quantitative estimate of drug-likeness (QED) is 0.663. The van der Waals surface area contributed by atoms with E-state index in [1.54, 1.807) is 30.3 Å². The lowest BCUT2D eigenvalue weighted by atomic mass is 10.00. The summed E-state index contributed by atoms with van der Waals surface area (Å²) in [6, 6.07) is 13.2. The van der Waals surface area contributed by atoms with E-state index >= 15 is 0 Å². The number of anilines is 1. The second kappa shape index (κ2) is 9.60. The minimum Gasteiger partial charge on any atom is -0.373 e. The van der Waals surface area contributed by atoms with E-state index in [9.17, 15) is 13.2 Å². The number of hydrogen-bond acceptors (Lipinski definition) is 5. The van der Waals surface area contributed by atoms with Crippen LogP contribution in [0.5, 0.6) is 0 Å². The van der Waals surface area contributed by atoms with Crippen molar-refractivity contribution in [1.82, 2.24) is 10.2 Å². The summed E-state index contributed by atoms with van der Waals surface area (Å²) in [5.74, 6) is -0.306. The molecule has 0 aromatic heterocycles. The summed E-state index contributed by atoms with van der Waals surface area (Å²) in [5.41, 5.74) is 1.47. The molecule has 1 aliphatic rings. The number of rotatable bonds is 7. The Kier molecular flexibility index (Phi) is 7.27. The van der Waals surface area contributed by atoms with Gasteiger partial charge in [-0.05, 0) is 70.5 Å². The molecule has 0 radical (unpaired) electrons. The fourth-order valence-electron chi connectivity index (χ4n) is 3.91. The second-order valence-electron chi connectivity index (χ2n) is 9.16. The van der Waals surface area contributed by atoms with Gasteiger partial charge in [0.25, 0.3) is 15.9 Å². The Hall–Kier alpha value is -2.42. The maximum atomic E-state index is 12.8. The first-order valence-corrected chi connectivity index (χ1v) is 12.3. The molecule has 174 valence electrons. The Balaban J connectivity index is 1.68. The number of nitrogens with one attached hydrogen (secondary N) is 2. The molecule has 2 atom stereocenters. The lowest BCUT2D eigenvalue weighted by molar-refractivity contribution is -0.0948. The highest BCUT2D eigenvalue weighted by Gasteiger charge is 2.33. The van der Waals surface area contributed by atoms with Gasteiger partial charge in [-0.2, -0.15) is 0 Å². The molecule has 1 heterocycles. The van der Waals surface area contributed by atoms with Crippen LogP contribution in [0.2, 0.25) is 0 Å². The van der Waals surface area contributed by atoms with Crippen molar-refractivity contribution < 1.29 is 17.9 Å². The number of benzene rings is 2. The predicted octanol–water partition coefficient (Wildman–Crippen LogP) is 3.41. The van der Waals surface area contributed by atoms with Crippen molar-refractivity contribution in [2.24, 2.45) is 0 Å². The van der Waals surface area contributed by atoms with Crippen LogP contribution < -0.4 is 10.0 Å². The molecule has 1 amide bonds. The first kappa shape index (κ1) is 24.2. The zero-order valence-corrected chi connectivity index (χ0v) is 20.2. The molecular weight excluding hydrogens is 426 g/mol. The molecule has 3 rings (SSSR count). The molecule has 1 saturated heterocycles. The number of nitrogens with zero attached hydrogens (tertiary/aromatic N) is 1. The van der Waals surface area contributed by atoms with Gasteiger partial charge in [0, 0.05) is 36.4 Å². The van der Waals surface area contributed by atoms with Crippen molar-refractivity contribution in [3.8, 4) is 0 Å². The number of carbonyl (C=O) groups excluding carboxylic acids is 1. The fourth-order valence-corrected chi connectivity index (χ4v) is 5.00. The summed E-state index contributed by atoms with van der Waals surface area (Å²) in [6.45, 7) is 12.2. The Bertz CT molecular complexity index is 1060. The zero-order chi connectivity index (χ0) is 23.5. The fraction of sp³-hybridized carbons (Fsp3) is 0.458. The number of hydrogen-bond donors (Lipinski definition) is 2. The molecule has 1 aliphatic heterocycles. The molecule has 0 spiro atoms. The third-order valence-corrected chi connectivity index (χ3v) is 7.01. The van der Waals surface area contributed by atoms with E-state index in [4.69, 9.17) is 4.74 Å². The normalized spacial score (nSPS) is 20.0. The third kappa shape index (κ3) is 6.09. The lowest BCUT2D eigenvalue weighted by Crippen LogP contribution is -2.58. The van der Waals surface area contributed by atoms with Crippen molar-refractivity contribution in [1.29, 1.82) is 0 Å². The van der Waals surface area contributed by atoms with Crippen LogP contribution in [-0.2, 0) is 14.8 Å². The molecule has 0 bridgehead atoms. The minimum atomic E-state index is -3.81. The van der Waals surface area contributed by atoms with Crippen molar-refractivity contribution >= 4 is 21.6 Å². The van der Waals surface area contributed by atoms with Gasteiger partial charge >= 0.3 is 0 Å². The Morgan fingerprint density at radius 3 is 2.41 bits per heavy atom. The zero-order valence-electron chi connectivity index (χ0n) is 19.4. The lowest BCUT2D eigenvalue weighted by Gasteiger charge is -2.45. The number of carbonyl (C=O) groups is 1. The van der Waals surface area contributed by atoms with Crippen LogP contribution in [0.3, 0.4) is 0 Å². The van der Waals surface area contributed by atoms with Crippen molar-refractivity contribution in [3.63, 3.8) is 0 Å². The van der Waals surface area contributed by atoms with Crippen LogP contribution in [0.4, 0.5) is 5.69 Å². The van der Waals surface area contributed by atoms with E-state index < -0.39 is 10.0 Å². The van der Waals surface area contributed by atoms with Gasteiger partial charge in [0.1, 0.15) is 0 Å². The molecule has 2 aromatic carbocycles. The molecule has 2 aromatic rings. The molecular formula is C24H33N3O4S. The van der Waals surface area contributed by atoms with E-state index in [-0.39, 0.29) is 28.5 Å². The second-order valence-corrected chi connectivity index (χ2v) is 10.8. The molecule has 0 unspecified atom stereocenters. The third-order valence-electron chi connectivity index (χ3n) is 5.63. The summed E-state index contributed by atoms with van der Waals surface area (Å²) in [7, 11) is -3.81. The van der Waals surface area contributed by atoms with Gasteiger partial charge in [-0.1, -0.05) is 18.2 Å².